The SMILES string of the molecule is CCOC1=C(F)C(F)C(C)(OCC2CCC3CC(C4CCC(CC)CC4)CCC3C2)C=C1. The Morgan fingerprint density at radius 1 is 0.875 bits per heavy atom. The van der Waals surface area contributed by atoms with Gasteiger partial charge in [-0.1, -0.05) is 26.2 Å². The summed E-state index contributed by atoms with van der Waals surface area (Å²) in [6.07, 6.45) is 16.4. The smallest absolute Gasteiger partial charge is 0.187 e. The van der Waals surface area contributed by atoms with Crippen LogP contribution in [0.15, 0.2) is 23.7 Å². The van der Waals surface area contributed by atoms with Gasteiger partial charge in [-0.15, -0.1) is 0 Å². The van der Waals surface area contributed by atoms with Crippen molar-refractivity contribution < 1.29 is 18.3 Å². The number of halogens is 2. The monoisotopic (exact) mass is 450 g/mol. The summed E-state index contributed by atoms with van der Waals surface area (Å²) in [5.74, 6) is 4.22. The fourth-order valence-electron chi connectivity index (χ4n) is 7.14. The van der Waals surface area contributed by atoms with E-state index in [1.54, 1.807) is 19.9 Å². The Hall–Kier alpha value is -0.900. The van der Waals surface area contributed by atoms with E-state index >= 15 is 0 Å². The van der Waals surface area contributed by atoms with Gasteiger partial charge in [0.05, 0.1) is 13.2 Å². The van der Waals surface area contributed by atoms with Crippen LogP contribution in [0, 0.1) is 35.5 Å². The number of fused-ring (bicyclic) bond motifs is 1. The zero-order valence-electron chi connectivity index (χ0n) is 20.5. The number of hydrogen-bond donors (Lipinski definition) is 0. The maximum absolute atomic E-state index is 14.8. The molecule has 6 atom stereocenters. The summed E-state index contributed by atoms with van der Waals surface area (Å²) in [5, 5.41) is 0. The third kappa shape index (κ3) is 5.26. The van der Waals surface area contributed by atoms with E-state index in [1.165, 1.54) is 70.3 Å². The normalized spacial score (nSPS) is 42.6. The molecule has 32 heavy (non-hydrogen) atoms. The van der Waals surface area contributed by atoms with Crippen LogP contribution < -0.4 is 0 Å². The Bertz CT molecular complexity index is 681. The maximum Gasteiger partial charge on any atom is 0.187 e. The number of hydrogen-bond acceptors (Lipinski definition) is 2. The molecule has 0 radical (unpaired) electrons. The van der Waals surface area contributed by atoms with Crippen LogP contribution in [0.4, 0.5) is 8.78 Å². The van der Waals surface area contributed by atoms with E-state index in [0.29, 0.717) is 19.1 Å². The second-order valence-corrected chi connectivity index (χ2v) is 11.3. The fraction of sp³-hybridized carbons (Fsp3) is 0.857. The summed E-state index contributed by atoms with van der Waals surface area (Å²) in [5.41, 5.74) is -1.24. The molecule has 0 aromatic rings. The highest BCUT2D eigenvalue weighted by Crippen LogP contribution is 2.49. The van der Waals surface area contributed by atoms with Crippen molar-refractivity contribution in [3.05, 3.63) is 23.7 Å². The Labute approximate surface area is 194 Å². The molecule has 0 bridgehead atoms. The summed E-state index contributed by atoms with van der Waals surface area (Å²) < 4.78 is 40.4. The molecule has 0 N–H and O–H groups in total. The zero-order chi connectivity index (χ0) is 22.7. The van der Waals surface area contributed by atoms with Crippen molar-refractivity contribution in [2.45, 2.75) is 103 Å². The largest absolute Gasteiger partial charge is 0.491 e. The van der Waals surface area contributed by atoms with Gasteiger partial charge in [0, 0.05) is 0 Å². The predicted molar refractivity (Wildman–Crippen MR) is 126 cm³/mol. The van der Waals surface area contributed by atoms with Gasteiger partial charge in [0.25, 0.3) is 0 Å². The van der Waals surface area contributed by atoms with Crippen LogP contribution in [0.25, 0.3) is 0 Å². The van der Waals surface area contributed by atoms with Gasteiger partial charge in [0.2, 0.25) is 0 Å². The van der Waals surface area contributed by atoms with Gasteiger partial charge in [-0.2, -0.15) is 0 Å². The van der Waals surface area contributed by atoms with Gasteiger partial charge in [-0.3, -0.25) is 0 Å². The van der Waals surface area contributed by atoms with E-state index < -0.39 is 17.6 Å². The van der Waals surface area contributed by atoms with E-state index in [0.717, 1.165) is 36.0 Å². The summed E-state index contributed by atoms with van der Waals surface area (Å²) >= 11 is 0. The molecule has 3 saturated carbocycles. The maximum atomic E-state index is 14.8. The Kier molecular flexibility index (Phi) is 8.01. The summed E-state index contributed by atoms with van der Waals surface area (Å²) in [4.78, 5) is 0. The standard InChI is InChI=1S/C28H44F2O2/c1-4-19-6-9-21(10-7-19)23-13-12-22-16-20(8-11-24(22)17-23)18-32-28(3)15-14-25(31-5-2)26(29)27(28)30/h14-15,19-24,27H,4-13,16-18H2,1-3H3. The molecule has 182 valence electrons. The molecule has 0 aromatic carbocycles. The van der Waals surface area contributed by atoms with Crippen LogP contribution in [-0.4, -0.2) is 25.0 Å². The van der Waals surface area contributed by atoms with Crippen LogP contribution in [-0.2, 0) is 9.47 Å². The lowest BCUT2D eigenvalue weighted by molar-refractivity contribution is -0.0733. The molecule has 0 amide bonds. The summed E-state index contributed by atoms with van der Waals surface area (Å²) in [6, 6.07) is 0. The molecule has 0 aliphatic heterocycles. The second kappa shape index (κ2) is 10.6. The Morgan fingerprint density at radius 2 is 1.47 bits per heavy atom. The first-order chi connectivity index (χ1) is 15.4. The van der Waals surface area contributed by atoms with Gasteiger partial charge in [-0.25, -0.2) is 8.78 Å². The Balaban J connectivity index is 1.24. The first kappa shape index (κ1) is 24.2. The highest BCUT2D eigenvalue weighted by atomic mass is 19.2. The lowest BCUT2D eigenvalue weighted by atomic mass is 9.61. The van der Waals surface area contributed by atoms with E-state index in [2.05, 4.69) is 6.92 Å². The third-order valence-electron chi connectivity index (χ3n) is 9.35. The summed E-state index contributed by atoms with van der Waals surface area (Å²) in [7, 11) is 0. The van der Waals surface area contributed by atoms with Gasteiger partial charge >= 0.3 is 0 Å². The molecule has 0 aromatic heterocycles. The van der Waals surface area contributed by atoms with E-state index in [4.69, 9.17) is 9.47 Å². The predicted octanol–water partition coefficient (Wildman–Crippen LogP) is 7.94. The minimum atomic E-state index is -1.80. The van der Waals surface area contributed by atoms with Crippen molar-refractivity contribution in [3.8, 4) is 0 Å². The summed E-state index contributed by atoms with van der Waals surface area (Å²) in [6.45, 7) is 6.62. The third-order valence-corrected chi connectivity index (χ3v) is 9.35. The van der Waals surface area contributed by atoms with Crippen molar-refractivity contribution in [1.82, 2.24) is 0 Å². The van der Waals surface area contributed by atoms with Crippen molar-refractivity contribution in [3.63, 3.8) is 0 Å². The van der Waals surface area contributed by atoms with Crippen LogP contribution >= 0.6 is 0 Å². The number of allylic oxidation sites excluding steroid dienone is 1. The lowest BCUT2D eigenvalue weighted by Gasteiger charge is -2.45. The zero-order valence-corrected chi connectivity index (χ0v) is 20.5. The van der Waals surface area contributed by atoms with Crippen molar-refractivity contribution >= 4 is 0 Å². The minimum absolute atomic E-state index is 0.00141. The van der Waals surface area contributed by atoms with Crippen LogP contribution in [0.1, 0.15) is 91.4 Å². The molecule has 2 nitrogen and oxygen atoms in total. The second-order valence-electron chi connectivity index (χ2n) is 11.3. The number of alkyl halides is 1. The molecule has 4 heteroatoms. The van der Waals surface area contributed by atoms with Crippen LogP contribution in [0.3, 0.4) is 0 Å². The van der Waals surface area contributed by atoms with Gasteiger partial charge in [0.15, 0.2) is 17.8 Å². The van der Waals surface area contributed by atoms with Gasteiger partial charge < -0.3 is 9.47 Å². The minimum Gasteiger partial charge on any atom is -0.491 e. The molecule has 0 heterocycles. The quantitative estimate of drug-likeness (QED) is 0.392. The van der Waals surface area contributed by atoms with E-state index in [1.807, 2.05) is 0 Å². The first-order valence-electron chi connectivity index (χ1n) is 13.4. The molecule has 6 unspecified atom stereocenters. The Morgan fingerprint density at radius 3 is 2.16 bits per heavy atom. The van der Waals surface area contributed by atoms with Crippen molar-refractivity contribution in [2.75, 3.05) is 13.2 Å². The average Bonchev–Trinajstić information content (AvgIpc) is 2.83. The van der Waals surface area contributed by atoms with Crippen molar-refractivity contribution in [2.24, 2.45) is 35.5 Å². The molecule has 0 saturated heterocycles. The van der Waals surface area contributed by atoms with E-state index in [-0.39, 0.29) is 5.76 Å². The molecule has 4 rings (SSSR count). The molecule has 3 fully saturated rings. The van der Waals surface area contributed by atoms with E-state index in [9.17, 15) is 8.78 Å². The highest BCUT2D eigenvalue weighted by Gasteiger charge is 2.43. The van der Waals surface area contributed by atoms with Crippen LogP contribution in [0.2, 0.25) is 0 Å². The topological polar surface area (TPSA) is 18.5 Å². The molecule has 0 spiro atoms. The van der Waals surface area contributed by atoms with Crippen molar-refractivity contribution in [1.29, 1.82) is 0 Å². The average molecular weight is 451 g/mol. The number of ether oxygens (including phenoxy) is 2. The molecule has 4 aliphatic rings. The van der Waals surface area contributed by atoms with Gasteiger partial charge in [0.1, 0.15) is 5.60 Å². The molecule has 4 aliphatic carbocycles. The lowest BCUT2D eigenvalue weighted by Crippen LogP contribution is -2.42. The number of rotatable bonds is 7. The van der Waals surface area contributed by atoms with Gasteiger partial charge in [-0.05, 0) is 113 Å². The molecular weight excluding hydrogens is 406 g/mol. The fourth-order valence-corrected chi connectivity index (χ4v) is 7.14. The first-order valence-corrected chi connectivity index (χ1v) is 13.4. The molecular formula is C28H44F2O2. The van der Waals surface area contributed by atoms with Crippen LogP contribution in [0.5, 0.6) is 0 Å². The highest BCUT2D eigenvalue weighted by molar-refractivity contribution is 5.31.